The molecule has 0 fully saturated rings. The number of carboxylic acids is 1. The summed E-state index contributed by atoms with van der Waals surface area (Å²) in [6.45, 7) is 3.77. The maximum absolute atomic E-state index is 12.7. The number of nitrogens with two attached hydrogens (primary N) is 1. The summed E-state index contributed by atoms with van der Waals surface area (Å²) >= 11 is 0. The van der Waals surface area contributed by atoms with Crippen LogP contribution in [0.4, 0.5) is 0 Å². The van der Waals surface area contributed by atoms with E-state index in [9.17, 15) is 19.0 Å². The van der Waals surface area contributed by atoms with E-state index < -0.39 is 45.1 Å². The van der Waals surface area contributed by atoms with Crippen LogP contribution in [0.3, 0.4) is 0 Å². The minimum absolute atomic E-state index is 0.00688. The van der Waals surface area contributed by atoms with E-state index in [-0.39, 0.29) is 13.0 Å². The summed E-state index contributed by atoms with van der Waals surface area (Å²) in [4.78, 5) is 33.7. The number of rotatable bonds is 50. The predicted molar refractivity (Wildman–Crippen MR) is 272 cm³/mol. The summed E-state index contributed by atoms with van der Waals surface area (Å²) in [6.07, 6.45) is 61.4. The number of aliphatic carboxylic acids is 1. The van der Waals surface area contributed by atoms with Crippen LogP contribution in [0.2, 0.25) is 0 Å². The summed E-state index contributed by atoms with van der Waals surface area (Å²) in [5.41, 5.74) is 5.38. The minimum atomic E-state index is -4.63. The first-order valence-electron chi connectivity index (χ1n) is 26.3. The third-order valence-electron chi connectivity index (χ3n) is 11.3. The van der Waals surface area contributed by atoms with Crippen molar-refractivity contribution in [2.75, 3.05) is 26.4 Å². The van der Waals surface area contributed by atoms with Crippen molar-refractivity contribution in [2.24, 2.45) is 5.73 Å². The van der Waals surface area contributed by atoms with Gasteiger partial charge in [-0.3, -0.25) is 18.6 Å². The van der Waals surface area contributed by atoms with Crippen LogP contribution in [-0.2, 0) is 32.7 Å². The van der Waals surface area contributed by atoms with Crippen LogP contribution in [0.15, 0.2) is 60.8 Å². The van der Waals surface area contributed by atoms with E-state index in [1.165, 1.54) is 128 Å². The van der Waals surface area contributed by atoms with Crippen LogP contribution >= 0.6 is 7.82 Å². The molecule has 0 bridgehead atoms. The van der Waals surface area contributed by atoms with Crippen LogP contribution in [0.5, 0.6) is 0 Å². The zero-order valence-corrected chi connectivity index (χ0v) is 42.5. The number of hydrogen-bond donors (Lipinski definition) is 3. The molecule has 0 aliphatic carbocycles. The standard InChI is InChI=1S/C54H98NO9P/c1-3-5-7-9-11-13-15-17-19-21-23-25-27-29-31-33-35-37-39-41-43-45-47-61-48-51(49-62-65(59,60)63-50-52(55)54(57)58)64-53(56)46-44-42-40-38-36-34-32-30-28-26-24-22-20-18-16-14-12-10-8-6-4-2/h5,7,11,13,17,19,23,25,29,31,51-52H,3-4,6,8-10,12,14-16,18,20-22,24,26-28,30,32-50,55H2,1-2H3,(H,57,58)(H,59,60)/b7-5-,13-11-,19-17-,25-23-,31-29-. The highest BCUT2D eigenvalue weighted by Gasteiger charge is 2.27. The topological polar surface area (TPSA) is 155 Å². The predicted octanol–water partition coefficient (Wildman–Crippen LogP) is 15.5. The first-order valence-corrected chi connectivity index (χ1v) is 27.8. The first kappa shape index (κ1) is 62.7. The van der Waals surface area contributed by atoms with Gasteiger partial charge >= 0.3 is 19.8 Å². The fourth-order valence-corrected chi connectivity index (χ4v) is 8.06. The molecule has 378 valence electrons. The molecule has 3 unspecified atom stereocenters. The van der Waals surface area contributed by atoms with Crippen molar-refractivity contribution in [3.8, 4) is 0 Å². The molecule has 0 aromatic carbocycles. The van der Waals surface area contributed by atoms with Crippen LogP contribution in [0, 0.1) is 0 Å². The van der Waals surface area contributed by atoms with E-state index in [4.69, 9.17) is 29.4 Å². The van der Waals surface area contributed by atoms with Gasteiger partial charge < -0.3 is 25.2 Å². The molecule has 65 heavy (non-hydrogen) atoms. The number of allylic oxidation sites excluding steroid dienone is 10. The number of phosphoric acid groups is 1. The summed E-state index contributed by atoms with van der Waals surface area (Å²) in [5, 5.41) is 8.94. The second-order valence-corrected chi connectivity index (χ2v) is 19.1. The van der Waals surface area contributed by atoms with E-state index in [1.807, 2.05) is 0 Å². The summed E-state index contributed by atoms with van der Waals surface area (Å²) in [6, 6.07) is -1.48. The summed E-state index contributed by atoms with van der Waals surface area (Å²) in [5.74, 6) is -1.78. The lowest BCUT2D eigenvalue weighted by molar-refractivity contribution is -0.154. The Bertz CT molecular complexity index is 1270. The zero-order chi connectivity index (χ0) is 47.6. The fraction of sp³-hybridized carbons (Fsp3) is 0.778. The lowest BCUT2D eigenvalue weighted by atomic mass is 10.0. The number of phosphoric ester groups is 1. The van der Waals surface area contributed by atoms with Gasteiger partial charge in [-0.1, -0.05) is 229 Å². The smallest absolute Gasteiger partial charge is 0.472 e. The number of unbranched alkanes of at least 4 members (excludes halogenated alkanes) is 26. The Kier molecular flexibility index (Phi) is 47.8. The molecule has 0 aliphatic rings. The quantitative estimate of drug-likeness (QED) is 0.0232. The highest BCUT2D eigenvalue weighted by atomic mass is 31.2. The molecule has 11 heteroatoms. The lowest BCUT2D eigenvalue weighted by Gasteiger charge is -2.20. The SMILES string of the molecule is CC/C=C\C/C=C\C/C=C\C/C=C\C/C=C\CCCCCCCCOCC(COP(=O)(O)OCC(N)C(=O)O)OC(=O)CCCCCCCCCCCCCCCCCCCCCCC. The monoisotopic (exact) mass is 936 g/mol. The molecule has 0 saturated carbocycles. The molecule has 4 N–H and O–H groups in total. The van der Waals surface area contributed by atoms with Gasteiger partial charge in [-0.2, -0.15) is 0 Å². The van der Waals surface area contributed by atoms with Crippen LogP contribution in [0.1, 0.15) is 232 Å². The molecule has 0 amide bonds. The molecule has 0 aliphatic heterocycles. The van der Waals surface area contributed by atoms with Gasteiger partial charge in [0.15, 0.2) is 0 Å². The number of carboxylic acid groups (broad SMARTS) is 1. The number of ether oxygens (including phenoxy) is 2. The van der Waals surface area contributed by atoms with Gasteiger partial charge in [-0.25, -0.2) is 4.57 Å². The van der Waals surface area contributed by atoms with Gasteiger partial charge in [-0.05, 0) is 57.8 Å². The van der Waals surface area contributed by atoms with Crippen molar-refractivity contribution in [3.63, 3.8) is 0 Å². The Balaban J connectivity index is 4.15. The van der Waals surface area contributed by atoms with Gasteiger partial charge in [0.1, 0.15) is 12.1 Å². The van der Waals surface area contributed by atoms with E-state index in [1.54, 1.807) is 0 Å². The van der Waals surface area contributed by atoms with Gasteiger partial charge in [0.25, 0.3) is 0 Å². The molecular formula is C54H98NO9P. The molecule has 0 radical (unpaired) electrons. The molecule has 0 aromatic rings. The summed E-state index contributed by atoms with van der Waals surface area (Å²) < 4.78 is 33.5. The van der Waals surface area contributed by atoms with Gasteiger partial charge in [-0.15, -0.1) is 0 Å². The summed E-state index contributed by atoms with van der Waals surface area (Å²) in [7, 11) is -4.63. The average Bonchev–Trinajstić information content (AvgIpc) is 3.29. The largest absolute Gasteiger partial charge is 0.480 e. The number of carbonyl (C=O) groups excluding carboxylic acids is 1. The maximum atomic E-state index is 12.7. The van der Waals surface area contributed by atoms with Gasteiger partial charge in [0, 0.05) is 13.0 Å². The van der Waals surface area contributed by atoms with Crippen LogP contribution < -0.4 is 5.73 Å². The van der Waals surface area contributed by atoms with Crippen molar-refractivity contribution < 1.29 is 42.7 Å². The Hall–Kier alpha value is -2.33. The van der Waals surface area contributed by atoms with Crippen molar-refractivity contribution >= 4 is 19.8 Å². The van der Waals surface area contributed by atoms with Crippen molar-refractivity contribution in [1.82, 2.24) is 0 Å². The molecule has 0 heterocycles. The van der Waals surface area contributed by atoms with Crippen molar-refractivity contribution in [3.05, 3.63) is 60.8 Å². The van der Waals surface area contributed by atoms with Gasteiger partial charge in [0.05, 0.1) is 19.8 Å². The average molecular weight is 936 g/mol. The van der Waals surface area contributed by atoms with Crippen LogP contribution in [-0.4, -0.2) is 60.5 Å². The molecular weight excluding hydrogens is 838 g/mol. The van der Waals surface area contributed by atoms with Crippen molar-refractivity contribution in [2.45, 2.75) is 244 Å². The highest BCUT2D eigenvalue weighted by molar-refractivity contribution is 7.47. The molecule has 0 spiro atoms. The van der Waals surface area contributed by atoms with E-state index in [0.717, 1.165) is 77.0 Å². The second-order valence-electron chi connectivity index (χ2n) is 17.6. The third kappa shape index (κ3) is 49.4. The van der Waals surface area contributed by atoms with Crippen molar-refractivity contribution in [1.29, 1.82) is 0 Å². The number of hydrogen-bond acceptors (Lipinski definition) is 8. The zero-order valence-electron chi connectivity index (χ0n) is 41.6. The molecule has 0 aromatic heterocycles. The number of carbonyl (C=O) groups is 2. The maximum Gasteiger partial charge on any atom is 0.472 e. The Morgan fingerprint density at radius 2 is 0.892 bits per heavy atom. The van der Waals surface area contributed by atoms with E-state index in [0.29, 0.717) is 13.0 Å². The number of esters is 1. The normalized spacial score (nSPS) is 14.2. The van der Waals surface area contributed by atoms with E-state index >= 15 is 0 Å². The first-order chi connectivity index (χ1) is 31.7. The highest BCUT2D eigenvalue weighted by Crippen LogP contribution is 2.43. The lowest BCUT2D eigenvalue weighted by Crippen LogP contribution is -2.34. The minimum Gasteiger partial charge on any atom is -0.480 e. The Morgan fingerprint density at radius 3 is 1.34 bits per heavy atom. The third-order valence-corrected chi connectivity index (χ3v) is 12.3. The van der Waals surface area contributed by atoms with E-state index in [2.05, 4.69) is 74.6 Å². The Morgan fingerprint density at radius 1 is 0.508 bits per heavy atom. The fourth-order valence-electron chi connectivity index (χ4n) is 7.28. The molecule has 0 rings (SSSR count). The Labute approximate surface area is 398 Å². The van der Waals surface area contributed by atoms with Gasteiger partial charge in [0.2, 0.25) is 0 Å². The molecule has 10 nitrogen and oxygen atoms in total. The molecule has 3 atom stereocenters. The second kappa shape index (κ2) is 49.6. The van der Waals surface area contributed by atoms with Crippen LogP contribution in [0.25, 0.3) is 0 Å². The molecule has 0 saturated heterocycles.